The molecule has 2 N–H and O–H groups in total. The number of aliphatic carboxylic acids is 1. The molecule has 0 bridgehead atoms. The fourth-order valence-electron chi connectivity index (χ4n) is 2.84. The summed E-state index contributed by atoms with van der Waals surface area (Å²) in [5, 5.41) is 13.3. The summed E-state index contributed by atoms with van der Waals surface area (Å²) in [7, 11) is 0. The Morgan fingerprint density at radius 2 is 2.16 bits per heavy atom. The zero-order valence-corrected chi connectivity index (χ0v) is 13.6. The number of carboxylic acids is 1. The van der Waals surface area contributed by atoms with Gasteiger partial charge in [-0.3, -0.25) is 10.1 Å². The Morgan fingerprint density at radius 3 is 2.68 bits per heavy atom. The van der Waals surface area contributed by atoms with Gasteiger partial charge in [-0.1, -0.05) is 19.8 Å². The van der Waals surface area contributed by atoms with Gasteiger partial charge in [0.25, 0.3) is 0 Å². The maximum absolute atomic E-state index is 11.4. The molecular formula is C15H29NO2S. The summed E-state index contributed by atoms with van der Waals surface area (Å²) < 4.78 is 0. The Bertz CT molecular complexity index is 296. The predicted molar refractivity (Wildman–Crippen MR) is 82.8 cm³/mol. The van der Waals surface area contributed by atoms with Crippen molar-refractivity contribution in [2.75, 3.05) is 5.75 Å². The molecule has 0 spiro atoms. The summed E-state index contributed by atoms with van der Waals surface area (Å²) in [6.07, 6.45) is 5.98. The van der Waals surface area contributed by atoms with Gasteiger partial charge in [0.05, 0.1) is 0 Å². The summed E-state index contributed by atoms with van der Waals surface area (Å²) in [6.45, 7) is 8.13. The highest BCUT2D eigenvalue weighted by atomic mass is 32.2. The number of hydrogen-bond acceptors (Lipinski definition) is 3. The molecule has 0 heterocycles. The van der Waals surface area contributed by atoms with Crippen LogP contribution >= 0.6 is 11.8 Å². The first-order valence-corrected chi connectivity index (χ1v) is 8.51. The minimum Gasteiger partial charge on any atom is -0.480 e. The van der Waals surface area contributed by atoms with Crippen molar-refractivity contribution in [2.45, 2.75) is 76.6 Å². The topological polar surface area (TPSA) is 49.3 Å². The Kier molecular flexibility index (Phi) is 6.67. The Labute approximate surface area is 121 Å². The van der Waals surface area contributed by atoms with Gasteiger partial charge in [0, 0.05) is 11.3 Å². The van der Waals surface area contributed by atoms with E-state index in [9.17, 15) is 9.90 Å². The third kappa shape index (κ3) is 5.74. The van der Waals surface area contributed by atoms with Crippen LogP contribution in [0, 0.1) is 5.92 Å². The molecule has 0 aliphatic heterocycles. The molecule has 1 fully saturated rings. The van der Waals surface area contributed by atoms with Crippen LogP contribution in [0.4, 0.5) is 0 Å². The number of carboxylic acid groups (broad SMARTS) is 1. The molecular weight excluding hydrogens is 258 g/mol. The molecule has 3 nitrogen and oxygen atoms in total. The van der Waals surface area contributed by atoms with E-state index in [-0.39, 0.29) is 6.04 Å². The van der Waals surface area contributed by atoms with Crippen LogP contribution in [0.2, 0.25) is 0 Å². The second-order valence-electron chi connectivity index (χ2n) is 6.45. The van der Waals surface area contributed by atoms with Gasteiger partial charge in [0.2, 0.25) is 0 Å². The van der Waals surface area contributed by atoms with Gasteiger partial charge >= 0.3 is 5.97 Å². The number of thioether (sulfide) groups is 1. The van der Waals surface area contributed by atoms with Crippen LogP contribution in [0.25, 0.3) is 0 Å². The first-order valence-electron chi connectivity index (χ1n) is 7.46. The maximum Gasteiger partial charge on any atom is 0.323 e. The van der Waals surface area contributed by atoms with Crippen LogP contribution in [-0.4, -0.2) is 33.7 Å². The number of rotatable bonds is 7. The monoisotopic (exact) mass is 287 g/mol. The van der Waals surface area contributed by atoms with Gasteiger partial charge in [-0.25, -0.2) is 0 Å². The van der Waals surface area contributed by atoms with E-state index in [4.69, 9.17) is 0 Å². The van der Waals surface area contributed by atoms with E-state index in [1.807, 2.05) is 25.6 Å². The molecule has 1 aliphatic carbocycles. The van der Waals surface area contributed by atoms with Gasteiger partial charge in [0.15, 0.2) is 0 Å². The van der Waals surface area contributed by atoms with Crippen molar-refractivity contribution in [1.82, 2.24) is 5.32 Å². The maximum atomic E-state index is 11.4. The third-order valence-corrected chi connectivity index (χ3v) is 5.26. The highest BCUT2D eigenvalue weighted by Gasteiger charge is 2.33. The van der Waals surface area contributed by atoms with Crippen LogP contribution in [0.5, 0.6) is 0 Å². The molecule has 19 heavy (non-hydrogen) atoms. The highest BCUT2D eigenvalue weighted by Crippen LogP contribution is 2.32. The molecule has 112 valence electrons. The molecule has 0 aromatic heterocycles. The van der Waals surface area contributed by atoms with Crippen molar-refractivity contribution >= 4 is 17.7 Å². The van der Waals surface area contributed by atoms with E-state index >= 15 is 0 Å². The van der Waals surface area contributed by atoms with Crippen molar-refractivity contribution in [2.24, 2.45) is 5.92 Å². The zero-order valence-electron chi connectivity index (χ0n) is 12.7. The van der Waals surface area contributed by atoms with Gasteiger partial charge < -0.3 is 5.11 Å². The van der Waals surface area contributed by atoms with E-state index in [2.05, 4.69) is 12.2 Å². The van der Waals surface area contributed by atoms with E-state index in [0.717, 1.165) is 16.9 Å². The van der Waals surface area contributed by atoms with Crippen LogP contribution in [0.1, 0.15) is 59.8 Å². The van der Waals surface area contributed by atoms with Crippen molar-refractivity contribution in [1.29, 1.82) is 0 Å². The molecule has 1 aliphatic rings. The van der Waals surface area contributed by atoms with E-state index in [1.54, 1.807) is 6.92 Å². The first-order chi connectivity index (χ1) is 8.83. The van der Waals surface area contributed by atoms with E-state index in [0.29, 0.717) is 6.42 Å². The lowest BCUT2D eigenvalue weighted by molar-refractivity contribution is -0.144. The van der Waals surface area contributed by atoms with Crippen LogP contribution in [0.15, 0.2) is 0 Å². The molecule has 1 saturated carbocycles. The zero-order chi connectivity index (χ0) is 14.5. The van der Waals surface area contributed by atoms with Crippen LogP contribution in [-0.2, 0) is 4.79 Å². The van der Waals surface area contributed by atoms with Crippen molar-refractivity contribution in [3.8, 4) is 0 Å². The minimum absolute atomic E-state index is 0.195. The number of nitrogens with one attached hydrogen (secondary N) is 1. The molecule has 0 amide bonds. The largest absolute Gasteiger partial charge is 0.480 e. The SMILES string of the molecule is CC1CCCC(SCCC(C)(NC(C)C)C(=O)O)C1. The lowest BCUT2D eigenvalue weighted by Crippen LogP contribution is -2.52. The Balaban J connectivity index is 2.37. The van der Waals surface area contributed by atoms with Gasteiger partial charge in [-0.15, -0.1) is 0 Å². The first kappa shape index (κ1) is 16.8. The van der Waals surface area contributed by atoms with Gasteiger partial charge in [0.1, 0.15) is 5.54 Å². The minimum atomic E-state index is -0.790. The molecule has 0 saturated heterocycles. The average molecular weight is 287 g/mol. The molecule has 4 heteroatoms. The molecule has 3 unspecified atom stereocenters. The third-order valence-electron chi connectivity index (χ3n) is 3.92. The normalized spacial score (nSPS) is 27.2. The summed E-state index contributed by atoms with van der Waals surface area (Å²) in [5.41, 5.74) is -0.790. The second kappa shape index (κ2) is 7.53. The van der Waals surface area contributed by atoms with Crippen LogP contribution in [0.3, 0.4) is 0 Å². The molecule has 0 radical (unpaired) electrons. The standard InChI is InChI=1S/C15H29NO2S/c1-11(2)16-15(4,14(17)18)8-9-19-13-7-5-6-12(3)10-13/h11-13,16H,5-10H2,1-4H3,(H,17,18). The fraction of sp³-hybridized carbons (Fsp3) is 0.933. The van der Waals surface area contributed by atoms with Crippen molar-refractivity contribution in [3.63, 3.8) is 0 Å². The smallest absolute Gasteiger partial charge is 0.323 e. The fourth-order valence-corrected chi connectivity index (χ4v) is 4.49. The molecule has 0 aromatic rings. The summed E-state index contributed by atoms with van der Waals surface area (Å²) in [5.74, 6) is 1.03. The summed E-state index contributed by atoms with van der Waals surface area (Å²) >= 11 is 1.97. The number of carbonyl (C=O) groups is 1. The Hall–Kier alpha value is -0.220. The lowest BCUT2D eigenvalue weighted by atomic mass is 9.91. The summed E-state index contributed by atoms with van der Waals surface area (Å²) in [4.78, 5) is 11.4. The highest BCUT2D eigenvalue weighted by molar-refractivity contribution is 7.99. The van der Waals surface area contributed by atoms with Crippen molar-refractivity contribution in [3.05, 3.63) is 0 Å². The molecule has 0 aromatic carbocycles. The Morgan fingerprint density at radius 1 is 1.47 bits per heavy atom. The van der Waals surface area contributed by atoms with Gasteiger partial charge in [-0.2, -0.15) is 11.8 Å². The average Bonchev–Trinajstić information content (AvgIpc) is 2.27. The van der Waals surface area contributed by atoms with Crippen LogP contribution < -0.4 is 5.32 Å². The van der Waals surface area contributed by atoms with E-state index < -0.39 is 11.5 Å². The summed E-state index contributed by atoms with van der Waals surface area (Å²) in [6, 6.07) is 0.195. The molecule has 3 atom stereocenters. The number of hydrogen-bond donors (Lipinski definition) is 2. The predicted octanol–water partition coefficient (Wildman–Crippen LogP) is 3.53. The van der Waals surface area contributed by atoms with E-state index in [1.165, 1.54) is 25.7 Å². The van der Waals surface area contributed by atoms with Crippen molar-refractivity contribution < 1.29 is 9.90 Å². The lowest BCUT2D eigenvalue weighted by Gasteiger charge is -2.30. The van der Waals surface area contributed by atoms with Gasteiger partial charge in [-0.05, 0) is 51.7 Å². The quantitative estimate of drug-likeness (QED) is 0.752. The second-order valence-corrected chi connectivity index (χ2v) is 7.86. The molecule has 1 rings (SSSR count).